The zero-order valence-corrected chi connectivity index (χ0v) is 17.8. The van der Waals surface area contributed by atoms with Gasteiger partial charge >= 0.3 is 0 Å². The first kappa shape index (κ1) is 20.5. The fourth-order valence-corrected chi connectivity index (χ4v) is 3.91. The summed E-state index contributed by atoms with van der Waals surface area (Å²) in [4.78, 5) is 17.9. The second-order valence-corrected chi connectivity index (χ2v) is 7.99. The molecule has 0 aliphatic carbocycles. The molecule has 1 amide bonds. The van der Waals surface area contributed by atoms with Gasteiger partial charge in [0.15, 0.2) is 0 Å². The van der Waals surface area contributed by atoms with E-state index in [4.69, 9.17) is 4.74 Å². The van der Waals surface area contributed by atoms with Gasteiger partial charge in [-0.2, -0.15) is 5.10 Å². The molecule has 1 heterocycles. The molecular formula is C25H21N3O2S. The minimum Gasteiger partial charge on any atom is -0.489 e. The van der Waals surface area contributed by atoms with Crippen LogP contribution in [0, 0.1) is 6.92 Å². The molecule has 0 atom stereocenters. The number of amides is 1. The molecule has 31 heavy (non-hydrogen) atoms. The molecule has 6 heteroatoms. The van der Waals surface area contributed by atoms with E-state index in [0.717, 1.165) is 32.3 Å². The van der Waals surface area contributed by atoms with E-state index in [9.17, 15) is 4.79 Å². The number of nitrogens with one attached hydrogen (secondary N) is 1. The van der Waals surface area contributed by atoms with Crippen molar-refractivity contribution in [1.82, 2.24) is 10.4 Å². The lowest BCUT2D eigenvalue weighted by atomic mass is 10.1. The molecular weight excluding hydrogens is 406 g/mol. The fraction of sp³-hybridized carbons (Fsp3) is 0.0800. The number of hydrazone groups is 1. The number of thiazole rings is 1. The van der Waals surface area contributed by atoms with Crippen molar-refractivity contribution in [3.05, 3.63) is 107 Å². The topological polar surface area (TPSA) is 63.6 Å². The van der Waals surface area contributed by atoms with E-state index >= 15 is 0 Å². The summed E-state index contributed by atoms with van der Waals surface area (Å²) in [5.74, 6) is 0.473. The van der Waals surface area contributed by atoms with Crippen LogP contribution in [0.25, 0.3) is 10.6 Å². The van der Waals surface area contributed by atoms with Crippen molar-refractivity contribution in [3.63, 3.8) is 0 Å². The van der Waals surface area contributed by atoms with Crippen LogP contribution >= 0.6 is 11.3 Å². The summed E-state index contributed by atoms with van der Waals surface area (Å²) >= 11 is 1.49. The number of carbonyl (C=O) groups excluding carboxylic acids is 1. The Labute approximate surface area is 185 Å². The Morgan fingerprint density at radius 1 is 1.00 bits per heavy atom. The van der Waals surface area contributed by atoms with Crippen LogP contribution in [0.3, 0.4) is 0 Å². The second kappa shape index (κ2) is 9.82. The van der Waals surface area contributed by atoms with E-state index in [2.05, 4.69) is 15.5 Å². The van der Waals surface area contributed by atoms with Gasteiger partial charge in [-0.05, 0) is 24.6 Å². The van der Waals surface area contributed by atoms with Gasteiger partial charge in [-0.3, -0.25) is 4.79 Å². The molecule has 0 aliphatic rings. The molecule has 0 saturated carbocycles. The molecule has 0 saturated heterocycles. The number of hydrogen-bond acceptors (Lipinski definition) is 5. The Balaban J connectivity index is 1.42. The highest BCUT2D eigenvalue weighted by molar-refractivity contribution is 7.15. The van der Waals surface area contributed by atoms with E-state index in [1.807, 2.05) is 91.9 Å². The second-order valence-electron chi connectivity index (χ2n) is 6.79. The first-order chi connectivity index (χ1) is 15.2. The normalized spacial score (nSPS) is 10.9. The zero-order valence-electron chi connectivity index (χ0n) is 17.0. The number of rotatable bonds is 7. The number of aromatic nitrogens is 1. The van der Waals surface area contributed by atoms with Gasteiger partial charge in [0, 0.05) is 16.0 Å². The summed E-state index contributed by atoms with van der Waals surface area (Å²) in [7, 11) is 0. The van der Waals surface area contributed by atoms with Crippen LogP contribution < -0.4 is 10.2 Å². The highest BCUT2D eigenvalue weighted by atomic mass is 32.1. The number of ether oxygens (including phenoxy) is 1. The first-order valence-electron chi connectivity index (χ1n) is 9.83. The molecule has 1 N–H and O–H groups in total. The van der Waals surface area contributed by atoms with Crippen LogP contribution in [-0.4, -0.2) is 17.1 Å². The number of para-hydroxylation sites is 1. The molecule has 0 aliphatic heterocycles. The van der Waals surface area contributed by atoms with Crippen LogP contribution in [0.15, 0.2) is 90.0 Å². The summed E-state index contributed by atoms with van der Waals surface area (Å²) in [6.07, 6.45) is 1.63. The van der Waals surface area contributed by atoms with E-state index in [0.29, 0.717) is 12.3 Å². The van der Waals surface area contributed by atoms with E-state index in [1.54, 1.807) is 6.21 Å². The van der Waals surface area contributed by atoms with E-state index in [1.165, 1.54) is 11.3 Å². The maximum Gasteiger partial charge on any atom is 0.291 e. The Morgan fingerprint density at radius 3 is 2.45 bits per heavy atom. The number of hydrogen-bond donors (Lipinski definition) is 1. The largest absolute Gasteiger partial charge is 0.489 e. The van der Waals surface area contributed by atoms with Crippen molar-refractivity contribution in [2.75, 3.05) is 0 Å². The number of aryl methyl sites for hydroxylation is 1. The number of benzene rings is 3. The summed E-state index contributed by atoms with van der Waals surface area (Å²) in [6, 6.07) is 27.2. The predicted molar refractivity (Wildman–Crippen MR) is 125 cm³/mol. The summed E-state index contributed by atoms with van der Waals surface area (Å²) in [5.41, 5.74) is 5.82. The first-order valence-corrected chi connectivity index (χ1v) is 10.6. The van der Waals surface area contributed by atoms with Gasteiger partial charge in [-0.1, -0.05) is 72.8 Å². The van der Waals surface area contributed by atoms with Gasteiger partial charge in [0.05, 0.1) is 6.21 Å². The van der Waals surface area contributed by atoms with Crippen LogP contribution in [0.4, 0.5) is 0 Å². The van der Waals surface area contributed by atoms with Crippen LogP contribution in [0.2, 0.25) is 0 Å². The lowest BCUT2D eigenvalue weighted by Crippen LogP contribution is -2.19. The molecule has 0 bridgehead atoms. The molecule has 154 valence electrons. The molecule has 4 aromatic rings. The van der Waals surface area contributed by atoms with Gasteiger partial charge in [0.2, 0.25) is 0 Å². The van der Waals surface area contributed by atoms with Gasteiger partial charge < -0.3 is 4.74 Å². The molecule has 5 nitrogen and oxygen atoms in total. The third-order valence-corrected chi connectivity index (χ3v) is 5.61. The number of carbonyl (C=O) groups is 1. The van der Waals surface area contributed by atoms with Gasteiger partial charge in [-0.25, -0.2) is 10.4 Å². The van der Waals surface area contributed by atoms with E-state index in [-0.39, 0.29) is 5.91 Å². The molecule has 1 aromatic heterocycles. The number of nitrogens with zero attached hydrogens (tertiary/aromatic N) is 2. The highest BCUT2D eigenvalue weighted by Crippen LogP contribution is 2.27. The molecule has 0 fully saturated rings. The molecule has 0 spiro atoms. The van der Waals surface area contributed by atoms with Gasteiger partial charge in [0.1, 0.15) is 23.1 Å². The Hall–Kier alpha value is -3.77. The van der Waals surface area contributed by atoms with Crippen molar-refractivity contribution < 1.29 is 9.53 Å². The van der Waals surface area contributed by atoms with Crippen molar-refractivity contribution in [3.8, 4) is 16.3 Å². The lowest BCUT2D eigenvalue weighted by Gasteiger charge is -2.08. The van der Waals surface area contributed by atoms with Gasteiger partial charge in [-0.15, -0.1) is 11.3 Å². The average Bonchev–Trinajstić information content (AvgIpc) is 3.21. The van der Waals surface area contributed by atoms with Crippen molar-refractivity contribution in [1.29, 1.82) is 0 Å². The van der Waals surface area contributed by atoms with Crippen LogP contribution in [0.1, 0.15) is 26.5 Å². The summed E-state index contributed by atoms with van der Waals surface area (Å²) in [5, 5.41) is 4.96. The summed E-state index contributed by atoms with van der Waals surface area (Å²) in [6.45, 7) is 2.30. The van der Waals surface area contributed by atoms with Crippen molar-refractivity contribution in [2.24, 2.45) is 5.10 Å². The predicted octanol–water partition coefficient (Wildman–Crippen LogP) is 5.46. The quantitative estimate of drug-likeness (QED) is 0.315. The molecule has 4 rings (SSSR count). The Morgan fingerprint density at radius 2 is 1.68 bits per heavy atom. The third-order valence-electron chi connectivity index (χ3n) is 4.59. The monoisotopic (exact) mass is 427 g/mol. The van der Waals surface area contributed by atoms with Gasteiger partial charge in [0.25, 0.3) is 5.91 Å². The molecule has 3 aromatic carbocycles. The standard InChI is InChI=1S/C25H21N3O2S/c1-18-23(27-25(31-18)19-10-4-2-5-11-19)24(29)28-26-16-20-12-8-9-13-21(20)17-30-22-14-6-3-7-15-22/h2-16H,17H2,1H3,(H,28,29)/b26-16-. The Bertz CT molecular complexity index is 1190. The van der Waals surface area contributed by atoms with E-state index < -0.39 is 0 Å². The van der Waals surface area contributed by atoms with Crippen molar-refractivity contribution in [2.45, 2.75) is 13.5 Å². The minimum atomic E-state index is -0.329. The maximum atomic E-state index is 12.6. The zero-order chi connectivity index (χ0) is 21.5. The van der Waals surface area contributed by atoms with Crippen LogP contribution in [0.5, 0.6) is 5.75 Å². The van der Waals surface area contributed by atoms with Crippen LogP contribution in [-0.2, 0) is 6.61 Å². The average molecular weight is 428 g/mol. The third kappa shape index (κ3) is 5.24. The Kier molecular flexibility index (Phi) is 6.50. The lowest BCUT2D eigenvalue weighted by molar-refractivity contribution is 0.0950. The SMILES string of the molecule is Cc1sc(-c2ccccc2)nc1C(=O)N/N=C\c1ccccc1COc1ccccc1. The van der Waals surface area contributed by atoms with Crippen molar-refractivity contribution >= 4 is 23.5 Å². The minimum absolute atomic E-state index is 0.329. The highest BCUT2D eigenvalue weighted by Gasteiger charge is 2.15. The summed E-state index contributed by atoms with van der Waals surface area (Å²) < 4.78 is 5.83. The fourth-order valence-electron chi connectivity index (χ4n) is 2.99. The molecule has 0 unspecified atom stereocenters. The smallest absolute Gasteiger partial charge is 0.291 e. The molecule has 0 radical (unpaired) electrons. The maximum absolute atomic E-state index is 12.6.